The summed E-state index contributed by atoms with van der Waals surface area (Å²) in [5, 5.41) is 9.39. The molecule has 2 bridgehead atoms. The normalized spacial score (nSPS) is 36.2. The number of amides is 2. The van der Waals surface area contributed by atoms with E-state index in [4.69, 9.17) is 4.74 Å². The molecule has 156 valence electrons. The Morgan fingerprint density at radius 3 is 2.62 bits per heavy atom. The third-order valence-corrected chi connectivity index (χ3v) is 7.37. The first-order valence-corrected chi connectivity index (χ1v) is 11.0. The van der Waals surface area contributed by atoms with Crippen molar-refractivity contribution in [1.29, 1.82) is 0 Å². The molecule has 6 heteroatoms. The van der Waals surface area contributed by atoms with E-state index in [9.17, 15) is 14.7 Å². The van der Waals surface area contributed by atoms with Crippen molar-refractivity contribution in [3.8, 4) is 0 Å². The second-order valence-electron chi connectivity index (χ2n) is 9.16. The lowest BCUT2D eigenvalue weighted by molar-refractivity contribution is -0.157. The molecule has 1 aromatic rings. The summed E-state index contributed by atoms with van der Waals surface area (Å²) in [6.07, 6.45) is 3.58. The van der Waals surface area contributed by atoms with Gasteiger partial charge < -0.3 is 19.6 Å². The monoisotopic (exact) mass is 398 g/mol. The Kier molecular flexibility index (Phi) is 5.08. The number of hydrogen-bond donors (Lipinski definition) is 1. The number of benzene rings is 1. The zero-order valence-electron chi connectivity index (χ0n) is 16.8. The van der Waals surface area contributed by atoms with E-state index in [1.165, 1.54) is 5.56 Å². The standard InChI is InChI=1S/C23H30N2O4/c26-14-17-13-24(8-9-29-17)22(27)20-10-15-6-7-21(20)25(12-15)23(28)19-11-18(19)16-4-2-1-3-5-16/h1-5,15,17-21,26H,6-14H2/t15-,17?,18-,19+,20-,21+/m1/s1. The maximum absolute atomic E-state index is 13.3. The van der Waals surface area contributed by atoms with Crippen LogP contribution in [0.4, 0.5) is 0 Å². The summed E-state index contributed by atoms with van der Waals surface area (Å²) in [5.74, 6) is 1.15. The molecular formula is C23H30N2O4. The Labute approximate surface area is 171 Å². The number of morpholine rings is 1. The molecule has 0 aromatic heterocycles. The summed E-state index contributed by atoms with van der Waals surface area (Å²) >= 11 is 0. The van der Waals surface area contributed by atoms with Crippen molar-refractivity contribution in [3.63, 3.8) is 0 Å². The van der Waals surface area contributed by atoms with Crippen molar-refractivity contribution in [2.75, 3.05) is 32.8 Å². The highest BCUT2D eigenvalue weighted by molar-refractivity contribution is 5.86. The summed E-state index contributed by atoms with van der Waals surface area (Å²) in [6, 6.07) is 10.3. The maximum atomic E-state index is 13.3. The zero-order chi connectivity index (χ0) is 20.0. The van der Waals surface area contributed by atoms with Crippen molar-refractivity contribution in [1.82, 2.24) is 9.80 Å². The molecule has 2 amide bonds. The van der Waals surface area contributed by atoms with Gasteiger partial charge in [-0.05, 0) is 43.1 Å². The first kappa shape index (κ1) is 19.1. The average molecular weight is 399 g/mol. The van der Waals surface area contributed by atoms with Gasteiger partial charge in [-0.1, -0.05) is 30.3 Å². The van der Waals surface area contributed by atoms with Crippen LogP contribution in [0, 0.1) is 17.8 Å². The predicted octanol–water partition coefficient (Wildman–Crippen LogP) is 1.64. The predicted molar refractivity (Wildman–Crippen MR) is 107 cm³/mol. The van der Waals surface area contributed by atoms with Gasteiger partial charge in [0.25, 0.3) is 0 Å². The highest BCUT2D eigenvalue weighted by atomic mass is 16.5. The van der Waals surface area contributed by atoms with Gasteiger partial charge in [0, 0.05) is 31.6 Å². The molecule has 1 N–H and O–H groups in total. The van der Waals surface area contributed by atoms with Crippen LogP contribution < -0.4 is 0 Å². The lowest BCUT2D eigenvalue weighted by Gasteiger charge is -2.50. The van der Waals surface area contributed by atoms with E-state index in [1.54, 1.807) is 0 Å². The second-order valence-corrected chi connectivity index (χ2v) is 9.16. The number of fused-ring (bicyclic) bond motifs is 3. The van der Waals surface area contributed by atoms with E-state index in [-0.39, 0.29) is 42.4 Å². The number of ether oxygens (including phenoxy) is 1. The van der Waals surface area contributed by atoms with Crippen LogP contribution >= 0.6 is 0 Å². The van der Waals surface area contributed by atoms with E-state index in [0.717, 1.165) is 32.2 Å². The van der Waals surface area contributed by atoms with E-state index < -0.39 is 0 Å². The van der Waals surface area contributed by atoms with Crippen molar-refractivity contribution < 1.29 is 19.4 Å². The molecule has 0 radical (unpaired) electrons. The summed E-state index contributed by atoms with van der Waals surface area (Å²) in [5.41, 5.74) is 1.25. The molecule has 5 fully saturated rings. The largest absolute Gasteiger partial charge is 0.394 e. The van der Waals surface area contributed by atoms with Gasteiger partial charge in [0.2, 0.25) is 11.8 Å². The molecule has 1 aromatic carbocycles. The Morgan fingerprint density at radius 1 is 1.03 bits per heavy atom. The van der Waals surface area contributed by atoms with Crippen LogP contribution in [0.1, 0.15) is 37.2 Å². The summed E-state index contributed by atoms with van der Waals surface area (Å²) in [6.45, 7) is 2.26. The Bertz CT molecular complexity index is 769. The number of piperidine rings is 2. The highest BCUT2D eigenvalue weighted by Gasteiger charge is 2.52. The van der Waals surface area contributed by atoms with Crippen LogP contribution in [0.3, 0.4) is 0 Å². The molecular weight excluding hydrogens is 368 g/mol. The summed E-state index contributed by atoms with van der Waals surface area (Å²) in [4.78, 5) is 30.5. The van der Waals surface area contributed by atoms with Gasteiger partial charge in [0.15, 0.2) is 0 Å². The fraction of sp³-hybridized carbons (Fsp3) is 0.652. The van der Waals surface area contributed by atoms with Gasteiger partial charge in [-0.25, -0.2) is 0 Å². The van der Waals surface area contributed by atoms with Crippen molar-refractivity contribution in [3.05, 3.63) is 35.9 Å². The van der Waals surface area contributed by atoms with Gasteiger partial charge in [-0.2, -0.15) is 0 Å². The maximum Gasteiger partial charge on any atom is 0.227 e. The number of carbonyl (C=O) groups is 2. The smallest absolute Gasteiger partial charge is 0.227 e. The van der Waals surface area contributed by atoms with Gasteiger partial charge in [-0.15, -0.1) is 0 Å². The first-order valence-electron chi connectivity index (χ1n) is 11.0. The fourth-order valence-electron chi connectivity index (χ4n) is 5.73. The SMILES string of the molecule is O=C([C@@H]1C[C@H]2CC[C@@H]1N(C(=O)[C@H]1C[C@@H]1c1ccccc1)C2)N1CCOC(CO)C1. The number of hydrogen-bond acceptors (Lipinski definition) is 4. The summed E-state index contributed by atoms with van der Waals surface area (Å²) < 4.78 is 5.50. The molecule has 5 aliphatic rings. The molecule has 6 rings (SSSR count). The van der Waals surface area contributed by atoms with Gasteiger partial charge in [0.1, 0.15) is 0 Å². The van der Waals surface area contributed by atoms with Crippen molar-refractivity contribution in [2.45, 2.75) is 43.7 Å². The lowest BCUT2D eigenvalue weighted by atomic mass is 9.72. The molecule has 29 heavy (non-hydrogen) atoms. The third kappa shape index (κ3) is 3.57. The minimum absolute atomic E-state index is 0.0347. The molecule has 6 atom stereocenters. The third-order valence-electron chi connectivity index (χ3n) is 7.37. The molecule has 3 aliphatic heterocycles. The van der Waals surface area contributed by atoms with Crippen LogP contribution in [0.25, 0.3) is 0 Å². The number of nitrogens with zero attached hydrogens (tertiary/aromatic N) is 2. The van der Waals surface area contributed by atoms with Crippen LogP contribution in [0.2, 0.25) is 0 Å². The van der Waals surface area contributed by atoms with Crippen LogP contribution in [0.5, 0.6) is 0 Å². The number of aliphatic hydroxyl groups is 1. The molecule has 3 heterocycles. The molecule has 2 aliphatic carbocycles. The molecule has 1 unspecified atom stereocenters. The van der Waals surface area contributed by atoms with E-state index in [1.807, 2.05) is 23.1 Å². The van der Waals surface area contributed by atoms with Crippen LogP contribution in [-0.2, 0) is 14.3 Å². The molecule has 2 saturated carbocycles. The quantitative estimate of drug-likeness (QED) is 0.837. The molecule has 3 saturated heterocycles. The second kappa shape index (κ2) is 7.73. The minimum atomic E-state index is -0.288. The van der Waals surface area contributed by atoms with Gasteiger partial charge >= 0.3 is 0 Å². The Balaban J connectivity index is 1.28. The van der Waals surface area contributed by atoms with Crippen LogP contribution in [-0.4, -0.2) is 71.7 Å². The summed E-state index contributed by atoms with van der Waals surface area (Å²) in [7, 11) is 0. The van der Waals surface area contributed by atoms with Gasteiger partial charge in [0.05, 0.1) is 25.2 Å². The first-order chi connectivity index (χ1) is 14.2. The van der Waals surface area contributed by atoms with E-state index >= 15 is 0 Å². The number of carbonyl (C=O) groups excluding carboxylic acids is 2. The number of aliphatic hydroxyl groups excluding tert-OH is 1. The topological polar surface area (TPSA) is 70.1 Å². The Hall–Kier alpha value is -1.92. The molecule has 0 spiro atoms. The van der Waals surface area contributed by atoms with E-state index in [0.29, 0.717) is 31.5 Å². The fourth-order valence-corrected chi connectivity index (χ4v) is 5.73. The van der Waals surface area contributed by atoms with Crippen molar-refractivity contribution >= 4 is 11.8 Å². The van der Waals surface area contributed by atoms with E-state index in [2.05, 4.69) is 17.0 Å². The lowest BCUT2D eigenvalue weighted by Crippen LogP contribution is -2.60. The highest BCUT2D eigenvalue weighted by Crippen LogP contribution is 2.50. The van der Waals surface area contributed by atoms with Crippen LogP contribution in [0.15, 0.2) is 30.3 Å². The molecule has 6 nitrogen and oxygen atoms in total. The van der Waals surface area contributed by atoms with Gasteiger partial charge in [-0.3, -0.25) is 9.59 Å². The van der Waals surface area contributed by atoms with Crippen molar-refractivity contribution in [2.24, 2.45) is 17.8 Å². The minimum Gasteiger partial charge on any atom is -0.394 e. The zero-order valence-corrected chi connectivity index (χ0v) is 16.8. The Morgan fingerprint density at radius 2 is 1.86 bits per heavy atom. The number of rotatable bonds is 4. The average Bonchev–Trinajstić information content (AvgIpc) is 3.60.